The Morgan fingerprint density at radius 2 is 1.94 bits per heavy atom. The predicted molar refractivity (Wildman–Crippen MR) is 67.9 cm³/mol. The van der Waals surface area contributed by atoms with Crippen LogP contribution in [-0.4, -0.2) is 20.0 Å². The fourth-order valence-corrected chi connectivity index (χ4v) is 1.66. The summed E-state index contributed by atoms with van der Waals surface area (Å²) in [6.07, 6.45) is 1.43. The minimum atomic E-state index is 0.106. The molecule has 0 unspecified atom stereocenters. The number of hydrogen-bond donors (Lipinski definition) is 0. The molecule has 0 N–H and O–H groups in total. The van der Waals surface area contributed by atoms with E-state index in [2.05, 4.69) is 13.8 Å². The zero-order chi connectivity index (χ0) is 12.8. The predicted octanol–water partition coefficient (Wildman–Crippen LogP) is 3.32. The summed E-state index contributed by atoms with van der Waals surface area (Å²) in [5, 5.41) is 0. The van der Waals surface area contributed by atoms with E-state index in [0.29, 0.717) is 29.4 Å². The van der Waals surface area contributed by atoms with Gasteiger partial charge in [0, 0.05) is 6.42 Å². The van der Waals surface area contributed by atoms with Crippen molar-refractivity contribution in [3.63, 3.8) is 0 Å². The van der Waals surface area contributed by atoms with Gasteiger partial charge in [-0.3, -0.25) is 4.79 Å². The molecule has 3 heteroatoms. The molecule has 94 valence electrons. The van der Waals surface area contributed by atoms with Crippen LogP contribution in [0.2, 0.25) is 0 Å². The van der Waals surface area contributed by atoms with Gasteiger partial charge >= 0.3 is 0 Å². The summed E-state index contributed by atoms with van der Waals surface area (Å²) in [6.45, 7) is 4.21. The molecule has 3 nitrogen and oxygen atoms in total. The summed E-state index contributed by atoms with van der Waals surface area (Å²) in [5.41, 5.74) is 0.604. The van der Waals surface area contributed by atoms with E-state index in [0.717, 1.165) is 6.42 Å². The van der Waals surface area contributed by atoms with Gasteiger partial charge in [0.2, 0.25) is 0 Å². The number of ether oxygens (including phenoxy) is 2. The van der Waals surface area contributed by atoms with E-state index in [1.807, 2.05) is 6.07 Å². The molecule has 0 saturated heterocycles. The summed E-state index contributed by atoms with van der Waals surface area (Å²) in [7, 11) is 3.12. The standard InChI is InChI=1S/C14H20O3/c1-10(2)8-9-12(15)11-6-5-7-13(16-3)14(11)17-4/h5-7,10H,8-9H2,1-4H3. The first-order valence-corrected chi connectivity index (χ1v) is 5.84. The normalized spacial score (nSPS) is 10.4. The van der Waals surface area contributed by atoms with Gasteiger partial charge in [-0.2, -0.15) is 0 Å². The van der Waals surface area contributed by atoms with Crippen LogP contribution in [0.5, 0.6) is 11.5 Å². The van der Waals surface area contributed by atoms with Gasteiger partial charge in [-0.25, -0.2) is 0 Å². The third-order valence-electron chi connectivity index (χ3n) is 2.65. The van der Waals surface area contributed by atoms with Crippen molar-refractivity contribution in [1.29, 1.82) is 0 Å². The molecule has 0 atom stereocenters. The summed E-state index contributed by atoms with van der Waals surface area (Å²) >= 11 is 0. The average Bonchev–Trinajstić information content (AvgIpc) is 2.34. The first kappa shape index (κ1) is 13.6. The molecule has 17 heavy (non-hydrogen) atoms. The number of carbonyl (C=O) groups excluding carboxylic acids is 1. The van der Waals surface area contributed by atoms with Crippen LogP contribution >= 0.6 is 0 Å². The molecule has 1 rings (SSSR count). The summed E-state index contributed by atoms with van der Waals surface area (Å²) in [4.78, 5) is 12.1. The van der Waals surface area contributed by atoms with Crippen LogP contribution < -0.4 is 9.47 Å². The lowest BCUT2D eigenvalue weighted by molar-refractivity contribution is 0.0972. The lowest BCUT2D eigenvalue weighted by atomic mass is 10.0. The van der Waals surface area contributed by atoms with Gasteiger partial charge in [-0.15, -0.1) is 0 Å². The Hall–Kier alpha value is -1.51. The fourth-order valence-electron chi connectivity index (χ4n) is 1.66. The van der Waals surface area contributed by atoms with E-state index in [1.54, 1.807) is 26.4 Å². The first-order valence-electron chi connectivity index (χ1n) is 5.84. The zero-order valence-electron chi connectivity index (χ0n) is 10.9. The van der Waals surface area contributed by atoms with Gasteiger partial charge in [0.05, 0.1) is 19.8 Å². The van der Waals surface area contributed by atoms with Gasteiger partial charge in [0.25, 0.3) is 0 Å². The van der Waals surface area contributed by atoms with Crippen LogP contribution in [0, 0.1) is 5.92 Å². The van der Waals surface area contributed by atoms with Crippen molar-refractivity contribution >= 4 is 5.78 Å². The largest absolute Gasteiger partial charge is 0.493 e. The number of hydrogen-bond acceptors (Lipinski definition) is 3. The maximum Gasteiger partial charge on any atom is 0.171 e. The molecule has 0 heterocycles. The van der Waals surface area contributed by atoms with Crippen molar-refractivity contribution in [1.82, 2.24) is 0 Å². The average molecular weight is 236 g/mol. The molecule has 0 amide bonds. The van der Waals surface area contributed by atoms with Gasteiger partial charge in [0.15, 0.2) is 17.3 Å². The monoisotopic (exact) mass is 236 g/mol. The zero-order valence-corrected chi connectivity index (χ0v) is 10.9. The molecule has 1 aromatic carbocycles. The third kappa shape index (κ3) is 3.48. The van der Waals surface area contributed by atoms with Crippen LogP contribution in [-0.2, 0) is 0 Å². The maximum absolute atomic E-state index is 12.1. The van der Waals surface area contributed by atoms with Crippen molar-refractivity contribution in [2.75, 3.05) is 14.2 Å². The van der Waals surface area contributed by atoms with E-state index >= 15 is 0 Å². The second-order valence-electron chi connectivity index (χ2n) is 4.40. The van der Waals surface area contributed by atoms with Crippen molar-refractivity contribution in [3.8, 4) is 11.5 Å². The topological polar surface area (TPSA) is 35.5 Å². The van der Waals surface area contributed by atoms with E-state index < -0.39 is 0 Å². The lowest BCUT2D eigenvalue weighted by Crippen LogP contribution is -2.05. The van der Waals surface area contributed by atoms with Gasteiger partial charge < -0.3 is 9.47 Å². The highest BCUT2D eigenvalue weighted by Crippen LogP contribution is 2.31. The van der Waals surface area contributed by atoms with Crippen LogP contribution in [0.3, 0.4) is 0 Å². The van der Waals surface area contributed by atoms with Crippen LogP contribution in [0.4, 0.5) is 0 Å². The Labute approximate surface area is 103 Å². The first-order chi connectivity index (χ1) is 8.10. The summed E-state index contributed by atoms with van der Waals surface area (Å²) in [6, 6.07) is 5.38. The molecule has 0 bridgehead atoms. The second kappa shape index (κ2) is 6.28. The number of para-hydroxylation sites is 1. The highest BCUT2D eigenvalue weighted by atomic mass is 16.5. The highest BCUT2D eigenvalue weighted by molar-refractivity contribution is 5.99. The third-order valence-corrected chi connectivity index (χ3v) is 2.65. The molecule has 0 saturated carbocycles. The van der Waals surface area contributed by atoms with Crippen LogP contribution in [0.1, 0.15) is 37.0 Å². The Kier molecular flexibility index (Phi) is 5.01. The molecule has 1 aromatic rings. The summed E-state index contributed by atoms with van der Waals surface area (Å²) < 4.78 is 10.4. The summed E-state index contributed by atoms with van der Waals surface area (Å²) in [5.74, 6) is 1.76. The Balaban J connectivity index is 2.92. The smallest absolute Gasteiger partial charge is 0.171 e. The molecule has 0 aromatic heterocycles. The van der Waals surface area contributed by atoms with Gasteiger partial charge in [0.1, 0.15) is 0 Å². The quantitative estimate of drug-likeness (QED) is 0.711. The number of Topliss-reactive ketones (excluding diaryl/α,β-unsaturated/α-hetero) is 1. The Morgan fingerprint density at radius 1 is 1.24 bits per heavy atom. The van der Waals surface area contributed by atoms with Crippen LogP contribution in [0.15, 0.2) is 18.2 Å². The highest BCUT2D eigenvalue weighted by Gasteiger charge is 2.16. The Bertz CT molecular complexity index is 383. The van der Waals surface area contributed by atoms with Crippen molar-refractivity contribution in [3.05, 3.63) is 23.8 Å². The number of ketones is 1. The van der Waals surface area contributed by atoms with E-state index in [4.69, 9.17) is 9.47 Å². The maximum atomic E-state index is 12.1. The molecule has 0 aliphatic carbocycles. The van der Waals surface area contributed by atoms with Crippen molar-refractivity contribution in [2.24, 2.45) is 5.92 Å². The fraction of sp³-hybridized carbons (Fsp3) is 0.500. The minimum Gasteiger partial charge on any atom is -0.493 e. The second-order valence-corrected chi connectivity index (χ2v) is 4.40. The van der Waals surface area contributed by atoms with Crippen molar-refractivity contribution < 1.29 is 14.3 Å². The molecular formula is C14H20O3. The van der Waals surface area contributed by atoms with E-state index in [9.17, 15) is 4.79 Å². The van der Waals surface area contributed by atoms with Crippen LogP contribution in [0.25, 0.3) is 0 Å². The molecule has 0 spiro atoms. The number of benzene rings is 1. The number of carbonyl (C=O) groups is 1. The minimum absolute atomic E-state index is 0.106. The SMILES string of the molecule is COc1cccc(C(=O)CCC(C)C)c1OC. The molecule has 0 radical (unpaired) electrons. The number of rotatable bonds is 6. The molecular weight excluding hydrogens is 216 g/mol. The Morgan fingerprint density at radius 3 is 2.47 bits per heavy atom. The lowest BCUT2D eigenvalue weighted by Gasteiger charge is -2.12. The van der Waals surface area contributed by atoms with E-state index in [1.165, 1.54) is 0 Å². The molecule has 0 fully saturated rings. The van der Waals surface area contributed by atoms with E-state index in [-0.39, 0.29) is 5.78 Å². The molecule has 0 aliphatic rings. The van der Waals surface area contributed by atoms with Gasteiger partial charge in [-0.05, 0) is 24.5 Å². The number of methoxy groups -OCH3 is 2. The van der Waals surface area contributed by atoms with Crippen molar-refractivity contribution in [2.45, 2.75) is 26.7 Å². The molecule has 0 aliphatic heterocycles. The van der Waals surface area contributed by atoms with Gasteiger partial charge in [-0.1, -0.05) is 19.9 Å².